The zero-order valence-electron chi connectivity index (χ0n) is 16.4. The van der Waals surface area contributed by atoms with E-state index < -0.39 is 10.1 Å². The van der Waals surface area contributed by atoms with Crippen molar-refractivity contribution in [2.24, 2.45) is 0 Å². The third-order valence-corrected chi connectivity index (χ3v) is 6.66. The summed E-state index contributed by atoms with van der Waals surface area (Å²) in [4.78, 5) is 18.5. The van der Waals surface area contributed by atoms with Gasteiger partial charge < -0.3 is 4.90 Å². The summed E-state index contributed by atoms with van der Waals surface area (Å²) < 4.78 is 32.7. The second-order valence-electron chi connectivity index (χ2n) is 7.52. The highest BCUT2D eigenvalue weighted by molar-refractivity contribution is 7.85. The Morgan fingerprint density at radius 2 is 1.83 bits per heavy atom. The fourth-order valence-electron chi connectivity index (χ4n) is 4.30. The molecule has 2 aliphatic rings. The number of benzene rings is 1. The normalized spacial score (nSPS) is 16.8. The number of amides is 1. The maximum Gasteiger partial charge on any atom is 0.294 e. The van der Waals surface area contributed by atoms with Crippen LogP contribution in [-0.2, 0) is 27.8 Å². The highest BCUT2D eigenvalue weighted by Gasteiger charge is 2.26. The molecule has 0 radical (unpaired) electrons. The fraction of sp³-hybridized carbons (Fsp3) is 0.364. The Kier molecular flexibility index (Phi) is 5.27. The summed E-state index contributed by atoms with van der Waals surface area (Å²) in [5, 5.41) is 0. The van der Waals surface area contributed by atoms with Crippen molar-refractivity contribution >= 4 is 21.6 Å². The highest BCUT2D eigenvalue weighted by atomic mass is 32.2. The van der Waals surface area contributed by atoms with Crippen molar-refractivity contribution in [2.75, 3.05) is 13.1 Å². The topological polar surface area (TPSA) is 87.6 Å². The first-order valence-electron chi connectivity index (χ1n) is 9.93. The van der Waals surface area contributed by atoms with Crippen molar-refractivity contribution in [1.82, 2.24) is 9.88 Å². The Bertz CT molecular complexity index is 1100. The summed E-state index contributed by atoms with van der Waals surface area (Å²) in [6.07, 6.45) is 5.27. The number of aromatic nitrogens is 1. The third kappa shape index (κ3) is 3.84. The molecule has 1 aromatic heterocycles. The van der Waals surface area contributed by atoms with Gasteiger partial charge in [0.25, 0.3) is 10.1 Å². The van der Waals surface area contributed by atoms with Gasteiger partial charge in [0, 0.05) is 31.3 Å². The largest absolute Gasteiger partial charge is 0.342 e. The first-order valence-corrected chi connectivity index (χ1v) is 11.4. The van der Waals surface area contributed by atoms with E-state index in [0.29, 0.717) is 25.9 Å². The second-order valence-corrected chi connectivity index (χ2v) is 8.94. The molecular weight excluding hydrogens is 388 g/mol. The second kappa shape index (κ2) is 7.72. The Balaban J connectivity index is 1.84. The summed E-state index contributed by atoms with van der Waals surface area (Å²) in [5.74, 6) is 0.173. The van der Waals surface area contributed by atoms with Gasteiger partial charge in [0.2, 0.25) is 5.91 Å². The Morgan fingerprint density at radius 1 is 1.10 bits per heavy atom. The molecule has 0 unspecified atom stereocenters. The van der Waals surface area contributed by atoms with Crippen LogP contribution in [0.3, 0.4) is 0 Å². The van der Waals surface area contributed by atoms with Crippen molar-refractivity contribution < 1.29 is 17.8 Å². The lowest BCUT2D eigenvalue weighted by Crippen LogP contribution is -2.36. The van der Waals surface area contributed by atoms with E-state index in [-0.39, 0.29) is 10.8 Å². The van der Waals surface area contributed by atoms with Crippen LogP contribution in [0, 0.1) is 0 Å². The third-order valence-electron chi connectivity index (χ3n) is 5.81. The van der Waals surface area contributed by atoms with Gasteiger partial charge >= 0.3 is 0 Å². The molecule has 0 atom stereocenters. The number of hydrogen-bond acceptors (Lipinski definition) is 4. The molecule has 1 aromatic carbocycles. The molecule has 6 nitrogen and oxygen atoms in total. The molecule has 1 aliphatic carbocycles. The Morgan fingerprint density at radius 3 is 2.52 bits per heavy atom. The summed E-state index contributed by atoms with van der Waals surface area (Å²) in [7, 11) is -4.25. The number of carbonyl (C=O) groups is 1. The zero-order valence-corrected chi connectivity index (χ0v) is 17.2. The van der Waals surface area contributed by atoms with Crippen LogP contribution >= 0.6 is 0 Å². The first kappa shape index (κ1) is 19.8. The van der Waals surface area contributed by atoms with E-state index in [1.54, 1.807) is 18.3 Å². The molecule has 1 amide bonds. The molecule has 0 bridgehead atoms. The Labute approximate surface area is 171 Å². The minimum atomic E-state index is -4.25. The average molecular weight is 413 g/mol. The molecule has 1 N–H and O–H groups in total. The highest BCUT2D eigenvalue weighted by Crippen LogP contribution is 2.38. The van der Waals surface area contributed by atoms with Gasteiger partial charge in [-0.1, -0.05) is 24.6 Å². The van der Waals surface area contributed by atoms with Crippen molar-refractivity contribution in [3.05, 3.63) is 64.5 Å². The van der Waals surface area contributed by atoms with Crippen LogP contribution < -0.4 is 0 Å². The van der Waals surface area contributed by atoms with Crippen LogP contribution in [0.4, 0.5) is 0 Å². The predicted molar refractivity (Wildman–Crippen MR) is 110 cm³/mol. The van der Waals surface area contributed by atoms with Gasteiger partial charge in [0.05, 0.1) is 10.6 Å². The molecule has 152 valence electrons. The fourth-order valence-corrected chi connectivity index (χ4v) is 4.83. The number of fused-ring (bicyclic) bond motifs is 2. The van der Waals surface area contributed by atoms with Gasteiger partial charge in [-0.15, -0.1) is 0 Å². The first-order chi connectivity index (χ1) is 13.9. The van der Waals surface area contributed by atoms with Gasteiger partial charge in [-0.3, -0.25) is 14.3 Å². The molecule has 7 heteroatoms. The summed E-state index contributed by atoms with van der Waals surface area (Å²) >= 11 is 0. The Hall–Kier alpha value is -2.51. The number of rotatable bonds is 2. The van der Waals surface area contributed by atoms with Crippen molar-refractivity contribution in [3.8, 4) is 0 Å². The van der Waals surface area contributed by atoms with Gasteiger partial charge in [0.1, 0.15) is 0 Å². The number of nitrogens with zero attached hydrogens (tertiary/aromatic N) is 2. The van der Waals surface area contributed by atoms with Gasteiger partial charge in [0.15, 0.2) is 0 Å². The summed E-state index contributed by atoms with van der Waals surface area (Å²) in [6, 6.07) is 8.80. The lowest BCUT2D eigenvalue weighted by atomic mass is 9.88. The smallest absolute Gasteiger partial charge is 0.294 e. The molecule has 1 saturated heterocycles. The molecule has 1 fully saturated rings. The maximum atomic E-state index is 12.1. The number of piperidine rings is 1. The van der Waals surface area contributed by atoms with Gasteiger partial charge in [-0.25, -0.2) is 0 Å². The lowest BCUT2D eigenvalue weighted by molar-refractivity contribution is -0.131. The van der Waals surface area contributed by atoms with Crippen LogP contribution in [-0.4, -0.2) is 41.9 Å². The maximum absolute atomic E-state index is 12.1. The molecule has 1 aliphatic heterocycles. The number of aryl methyl sites for hydroxylation is 2. The van der Waals surface area contributed by atoms with E-state index in [1.165, 1.54) is 11.6 Å². The van der Waals surface area contributed by atoms with Crippen LogP contribution in [0.2, 0.25) is 0 Å². The van der Waals surface area contributed by atoms with E-state index >= 15 is 0 Å². The monoisotopic (exact) mass is 412 g/mol. The van der Waals surface area contributed by atoms with E-state index in [9.17, 15) is 17.8 Å². The van der Waals surface area contributed by atoms with E-state index in [0.717, 1.165) is 47.2 Å². The van der Waals surface area contributed by atoms with Crippen molar-refractivity contribution in [3.63, 3.8) is 0 Å². The summed E-state index contributed by atoms with van der Waals surface area (Å²) in [6.45, 7) is 3.25. The summed E-state index contributed by atoms with van der Waals surface area (Å²) in [5.41, 5.74) is 6.24. The molecular formula is C22H24N2O4S. The zero-order chi connectivity index (χ0) is 20.6. The van der Waals surface area contributed by atoms with Crippen LogP contribution in [0.5, 0.6) is 0 Å². The van der Waals surface area contributed by atoms with Gasteiger partial charge in [-0.05, 0) is 60.6 Å². The number of likely N-dealkylation sites (tertiary alicyclic amines) is 1. The molecule has 0 spiro atoms. The standard InChI is InChI=1S/C22H24N2O4S/c1-2-20(25)24-12-9-15(10-13-24)21-19-8-7-18(29(26,27)28)14-17(19)6-5-16-4-3-11-23-22(16)21/h3-4,7-8,11,14H,2,5-6,9-10,12-13H2,1H3,(H,26,27,28). The lowest BCUT2D eigenvalue weighted by Gasteiger charge is -2.30. The van der Waals surface area contributed by atoms with Crippen molar-refractivity contribution in [2.45, 2.75) is 43.9 Å². The van der Waals surface area contributed by atoms with Crippen LogP contribution in [0.25, 0.3) is 5.57 Å². The molecule has 4 rings (SSSR count). The minimum absolute atomic E-state index is 0.0807. The number of carbonyl (C=O) groups excluding carboxylic acids is 1. The van der Waals surface area contributed by atoms with Crippen molar-refractivity contribution in [1.29, 1.82) is 0 Å². The van der Waals surface area contributed by atoms with Crippen LogP contribution in [0.15, 0.2) is 47.0 Å². The molecule has 0 saturated carbocycles. The SMILES string of the molecule is CCC(=O)N1CCC(=C2c3ccc(S(=O)(=O)O)cc3CCc3cccnc32)CC1. The molecule has 2 heterocycles. The van der Waals surface area contributed by atoms with E-state index in [4.69, 9.17) is 0 Å². The number of hydrogen-bond donors (Lipinski definition) is 1. The molecule has 2 aromatic rings. The number of pyridine rings is 1. The van der Waals surface area contributed by atoms with Gasteiger partial charge in [-0.2, -0.15) is 8.42 Å². The quantitative estimate of drug-likeness (QED) is 0.765. The van der Waals surface area contributed by atoms with Crippen LogP contribution in [0.1, 0.15) is 48.6 Å². The van der Waals surface area contributed by atoms with E-state index in [2.05, 4.69) is 11.1 Å². The predicted octanol–water partition coefficient (Wildman–Crippen LogP) is 3.26. The van der Waals surface area contributed by atoms with E-state index in [1.807, 2.05) is 17.9 Å². The average Bonchev–Trinajstić information content (AvgIpc) is 2.89. The molecule has 29 heavy (non-hydrogen) atoms. The minimum Gasteiger partial charge on any atom is -0.342 e.